The summed E-state index contributed by atoms with van der Waals surface area (Å²) >= 11 is 5.97. The van der Waals surface area contributed by atoms with Crippen LogP contribution >= 0.6 is 35.6 Å². The van der Waals surface area contributed by atoms with Crippen LogP contribution in [0.5, 0.6) is 0 Å². The van der Waals surface area contributed by atoms with Gasteiger partial charge in [0, 0.05) is 69.6 Å². The maximum absolute atomic E-state index is 6.22. The van der Waals surface area contributed by atoms with Gasteiger partial charge in [0.15, 0.2) is 5.96 Å². The summed E-state index contributed by atoms with van der Waals surface area (Å²) in [4.78, 5) is 14.1. The number of nitrogens with zero attached hydrogens (tertiary/aromatic N) is 5. The molecule has 158 valence electrons. The molecule has 0 amide bonds. The molecule has 2 aliphatic rings. The highest BCUT2D eigenvalue weighted by molar-refractivity contribution is 14.0. The minimum absolute atomic E-state index is 0. The minimum Gasteiger partial charge on any atom is -0.370 e. The molecule has 1 aromatic carbocycles. The zero-order valence-electron chi connectivity index (χ0n) is 16.9. The Balaban J connectivity index is 0.00000280. The number of likely N-dealkylation sites (N-methyl/N-ethyl adjacent to an activating group) is 1. The summed E-state index contributed by atoms with van der Waals surface area (Å²) < 4.78 is 0. The molecular formula is C20H34ClIN6. The van der Waals surface area contributed by atoms with Crippen LogP contribution in [0.2, 0.25) is 5.02 Å². The van der Waals surface area contributed by atoms with Crippen molar-refractivity contribution in [1.82, 2.24) is 14.7 Å². The molecule has 0 saturated carbocycles. The maximum atomic E-state index is 6.22. The van der Waals surface area contributed by atoms with Crippen molar-refractivity contribution in [2.75, 3.05) is 77.4 Å². The lowest BCUT2D eigenvalue weighted by Crippen LogP contribution is -2.51. The Morgan fingerprint density at radius 3 is 2.25 bits per heavy atom. The van der Waals surface area contributed by atoms with Crippen molar-refractivity contribution >= 4 is 47.2 Å². The first kappa shape index (κ1) is 23.5. The summed E-state index contributed by atoms with van der Waals surface area (Å²) in [6.45, 7) is 10.5. The Hall–Kier alpha value is -0.770. The predicted octanol–water partition coefficient (Wildman–Crippen LogP) is 2.42. The lowest BCUT2D eigenvalue weighted by atomic mass is 10.2. The van der Waals surface area contributed by atoms with Crippen LogP contribution in [0.1, 0.15) is 12.8 Å². The van der Waals surface area contributed by atoms with Gasteiger partial charge in [-0.1, -0.05) is 11.6 Å². The second kappa shape index (κ2) is 12.0. The molecular weight excluding hydrogens is 487 g/mol. The van der Waals surface area contributed by atoms with Crippen molar-refractivity contribution in [3.8, 4) is 0 Å². The highest BCUT2D eigenvalue weighted by Crippen LogP contribution is 2.19. The average molecular weight is 521 g/mol. The summed E-state index contributed by atoms with van der Waals surface area (Å²) in [5.74, 6) is 0.699. The minimum atomic E-state index is 0. The van der Waals surface area contributed by atoms with Gasteiger partial charge in [0.2, 0.25) is 0 Å². The molecule has 0 aliphatic carbocycles. The number of hydrogen-bond acceptors (Lipinski definition) is 4. The molecule has 3 rings (SSSR count). The van der Waals surface area contributed by atoms with Crippen molar-refractivity contribution in [1.29, 1.82) is 0 Å². The SMILES string of the molecule is CN1CCN(CCCCN=C(N)N2CCN(c3ccc(Cl)cc3)CC2)CC1.I. The van der Waals surface area contributed by atoms with E-state index in [-0.39, 0.29) is 24.0 Å². The lowest BCUT2D eigenvalue weighted by Gasteiger charge is -2.36. The van der Waals surface area contributed by atoms with Crippen LogP contribution in [0.4, 0.5) is 5.69 Å². The number of nitrogens with two attached hydrogens (primary N) is 1. The third-order valence-electron chi connectivity index (χ3n) is 5.55. The van der Waals surface area contributed by atoms with E-state index in [1.54, 1.807) is 0 Å². The van der Waals surface area contributed by atoms with Crippen LogP contribution < -0.4 is 10.6 Å². The molecule has 0 aromatic heterocycles. The number of hydrogen-bond donors (Lipinski definition) is 1. The molecule has 0 unspecified atom stereocenters. The number of halogens is 2. The molecule has 2 saturated heterocycles. The van der Waals surface area contributed by atoms with E-state index in [2.05, 4.69) is 43.8 Å². The molecule has 0 atom stereocenters. The van der Waals surface area contributed by atoms with Crippen molar-refractivity contribution in [3.63, 3.8) is 0 Å². The van der Waals surface area contributed by atoms with Gasteiger partial charge in [0.1, 0.15) is 0 Å². The summed E-state index contributed by atoms with van der Waals surface area (Å²) in [7, 11) is 2.20. The Morgan fingerprint density at radius 2 is 1.61 bits per heavy atom. The fraction of sp³-hybridized carbons (Fsp3) is 0.650. The average Bonchev–Trinajstić information content (AvgIpc) is 2.70. The van der Waals surface area contributed by atoms with Crippen LogP contribution in [0.3, 0.4) is 0 Å². The molecule has 8 heteroatoms. The van der Waals surface area contributed by atoms with Gasteiger partial charge in [-0.15, -0.1) is 24.0 Å². The van der Waals surface area contributed by atoms with Crippen molar-refractivity contribution in [2.45, 2.75) is 12.8 Å². The van der Waals surface area contributed by atoms with Crippen molar-refractivity contribution < 1.29 is 0 Å². The van der Waals surface area contributed by atoms with Crippen molar-refractivity contribution in [3.05, 3.63) is 29.3 Å². The predicted molar refractivity (Wildman–Crippen MR) is 130 cm³/mol. The summed E-state index contributed by atoms with van der Waals surface area (Å²) in [6, 6.07) is 8.05. The number of aliphatic imine (C=N–C) groups is 1. The molecule has 0 radical (unpaired) electrons. The van der Waals surface area contributed by atoms with Gasteiger partial charge in [-0.3, -0.25) is 4.99 Å². The van der Waals surface area contributed by atoms with Crippen LogP contribution in [-0.2, 0) is 0 Å². The van der Waals surface area contributed by atoms with E-state index in [1.165, 1.54) is 44.8 Å². The summed E-state index contributed by atoms with van der Waals surface area (Å²) in [5, 5.41) is 0.779. The third-order valence-corrected chi connectivity index (χ3v) is 5.80. The molecule has 1 aromatic rings. The number of unbranched alkanes of at least 4 members (excludes halogenated alkanes) is 1. The van der Waals surface area contributed by atoms with E-state index >= 15 is 0 Å². The fourth-order valence-corrected chi connectivity index (χ4v) is 3.78. The maximum Gasteiger partial charge on any atom is 0.191 e. The molecule has 0 bridgehead atoms. The molecule has 6 nitrogen and oxygen atoms in total. The van der Waals surface area contributed by atoms with Gasteiger partial charge < -0.3 is 25.3 Å². The standard InChI is InChI=1S/C20H33ClN6.HI/c1-24-10-12-25(13-11-24)9-3-2-8-23-20(22)27-16-14-26(15-17-27)19-6-4-18(21)5-7-19;/h4-7H,2-3,8-17H2,1H3,(H2,22,23);1H. The van der Waals surface area contributed by atoms with Crippen LogP contribution in [0.25, 0.3) is 0 Å². The zero-order chi connectivity index (χ0) is 19.1. The summed E-state index contributed by atoms with van der Waals surface area (Å²) in [6.07, 6.45) is 2.31. The Kier molecular flexibility index (Phi) is 10.1. The molecule has 2 aliphatic heterocycles. The van der Waals surface area contributed by atoms with Gasteiger partial charge in [0.25, 0.3) is 0 Å². The van der Waals surface area contributed by atoms with Crippen LogP contribution in [0.15, 0.2) is 29.3 Å². The first-order valence-corrected chi connectivity index (χ1v) is 10.5. The number of piperazine rings is 2. The smallest absolute Gasteiger partial charge is 0.191 e. The van der Waals surface area contributed by atoms with E-state index in [9.17, 15) is 0 Å². The van der Waals surface area contributed by atoms with E-state index in [0.717, 1.165) is 44.2 Å². The fourth-order valence-electron chi connectivity index (χ4n) is 3.66. The second-order valence-electron chi connectivity index (χ2n) is 7.54. The first-order chi connectivity index (χ1) is 13.1. The van der Waals surface area contributed by atoms with E-state index in [0.29, 0.717) is 5.96 Å². The van der Waals surface area contributed by atoms with Crippen LogP contribution in [0, 0.1) is 0 Å². The zero-order valence-corrected chi connectivity index (χ0v) is 20.0. The normalized spacial score (nSPS) is 19.6. The number of rotatable bonds is 6. The highest BCUT2D eigenvalue weighted by atomic mass is 127. The molecule has 0 spiro atoms. The molecule has 2 fully saturated rings. The monoisotopic (exact) mass is 520 g/mol. The van der Waals surface area contributed by atoms with Gasteiger partial charge in [-0.2, -0.15) is 0 Å². The Morgan fingerprint density at radius 1 is 0.964 bits per heavy atom. The molecule has 2 heterocycles. The van der Waals surface area contributed by atoms with Crippen molar-refractivity contribution in [2.24, 2.45) is 10.7 Å². The molecule has 2 N–H and O–H groups in total. The first-order valence-electron chi connectivity index (χ1n) is 10.1. The number of anilines is 1. The van der Waals surface area contributed by atoms with Gasteiger partial charge in [-0.25, -0.2) is 0 Å². The highest BCUT2D eigenvalue weighted by Gasteiger charge is 2.18. The topological polar surface area (TPSA) is 51.3 Å². The lowest BCUT2D eigenvalue weighted by molar-refractivity contribution is 0.152. The Bertz CT molecular complexity index is 595. The molecule has 28 heavy (non-hydrogen) atoms. The van der Waals surface area contributed by atoms with E-state index in [1.807, 2.05) is 12.1 Å². The second-order valence-corrected chi connectivity index (χ2v) is 7.98. The third kappa shape index (κ3) is 7.24. The van der Waals surface area contributed by atoms with Crippen LogP contribution in [-0.4, -0.2) is 93.2 Å². The van der Waals surface area contributed by atoms with Gasteiger partial charge >= 0.3 is 0 Å². The summed E-state index contributed by atoms with van der Waals surface area (Å²) in [5.41, 5.74) is 7.44. The van der Waals surface area contributed by atoms with Gasteiger partial charge in [0.05, 0.1) is 0 Å². The quantitative estimate of drug-likeness (QED) is 0.270. The largest absolute Gasteiger partial charge is 0.370 e. The number of benzene rings is 1. The number of guanidine groups is 1. The van der Waals surface area contributed by atoms with Gasteiger partial charge in [-0.05, 0) is 50.7 Å². The Labute approximate surface area is 191 Å². The van der Waals surface area contributed by atoms with E-state index in [4.69, 9.17) is 17.3 Å². The van der Waals surface area contributed by atoms with E-state index < -0.39 is 0 Å².